The van der Waals surface area contributed by atoms with Crippen LogP contribution in [-0.4, -0.2) is 48.2 Å². The van der Waals surface area contributed by atoms with Gasteiger partial charge >= 0.3 is 5.97 Å². The first-order valence-corrected chi connectivity index (χ1v) is 8.73. The summed E-state index contributed by atoms with van der Waals surface area (Å²) in [7, 11) is 1.56. The third kappa shape index (κ3) is 3.43. The molecule has 1 spiro atoms. The molecule has 25 heavy (non-hydrogen) atoms. The molecular formula is C19H25NO5. The molecule has 0 bridgehead atoms. The molecule has 136 valence electrons. The third-order valence-corrected chi connectivity index (χ3v) is 5.31. The summed E-state index contributed by atoms with van der Waals surface area (Å²) in [6.45, 7) is 5.08. The Morgan fingerprint density at radius 3 is 2.44 bits per heavy atom. The van der Waals surface area contributed by atoms with Crippen molar-refractivity contribution in [3.63, 3.8) is 0 Å². The highest BCUT2D eigenvalue weighted by Gasteiger charge is 2.59. The van der Waals surface area contributed by atoms with Gasteiger partial charge in [-0.2, -0.15) is 0 Å². The summed E-state index contributed by atoms with van der Waals surface area (Å²) in [4.78, 5) is 25.7. The average Bonchev–Trinajstić information content (AvgIpc) is 3.29. The summed E-state index contributed by atoms with van der Waals surface area (Å²) in [6, 6.07) is 5.23. The van der Waals surface area contributed by atoms with Crippen LogP contribution in [0.15, 0.2) is 18.2 Å². The van der Waals surface area contributed by atoms with E-state index in [9.17, 15) is 9.59 Å². The van der Waals surface area contributed by atoms with Crippen molar-refractivity contribution in [3.8, 4) is 11.5 Å². The number of carboxylic acid groups (broad SMARTS) is 1. The van der Waals surface area contributed by atoms with Crippen LogP contribution < -0.4 is 9.47 Å². The number of piperidine rings is 1. The summed E-state index contributed by atoms with van der Waals surface area (Å²) in [5, 5.41) is 9.16. The first-order chi connectivity index (χ1) is 11.9. The molecule has 1 aliphatic heterocycles. The van der Waals surface area contributed by atoms with E-state index in [1.165, 1.54) is 0 Å². The molecule has 1 aromatic rings. The second-order valence-corrected chi connectivity index (χ2v) is 7.28. The van der Waals surface area contributed by atoms with Crippen molar-refractivity contribution in [2.75, 3.05) is 20.2 Å². The first kappa shape index (κ1) is 17.6. The van der Waals surface area contributed by atoms with Crippen LogP contribution in [0.1, 0.15) is 43.5 Å². The van der Waals surface area contributed by atoms with Crippen LogP contribution in [-0.2, 0) is 4.79 Å². The number of hydrogen-bond acceptors (Lipinski definition) is 4. The van der Waals surface area contributed by atoms with E-state index in [0.29, 0.717) is 30.2 Å². The van der Waals surface area contributed by atoms with Gasteiger partial charge in [-0.25, -0.2) is 0 Å². The minimum atomic E-state index is -0.703. The van der Waals surface area contributed by atoms with Gasteiger partial charge in [0.2, 0.25) is 0 Å². The van der Waals surface area contributed by atoms with Crippen molar-refractivity contribution in [2.45, 2.75) is 39.2 Å². The Kier molecular flexibility index (Phi) is 4.62. The Balaban J connectivity index is 1.67. The lowest BCUT2D eigenvalue weighted by Gasteiger charge is -2.32. The quantitative estimate of drug-likeness (QED) is 0.886. The summed E-state index contributed by atoms with van der Waals surface area (Å²) in [5.74, 6) is 0.189. The number of hydrogen-bond donors (Lipinski definition) is 1. The van der Waals surface area contributed by atoms with E-state index < -0.39 is 5.97 Å². The molecule has 1 saturated heterocycles. The van der Waals surface area contributed by atoms with Crippen LogP contribution in [0.2, 0.25) is 0 Å². The number of amides is 1. The molecule has 0 aromatic heterocycles. The smallest absolute Gasteiger partial charge is 0.307 e. The zero-order valence-corrected chi connectivity index (χ0v) is 14.9. The molecule has 1 N–H and O–H groups in total. The van der Waals surface area contributed by atoms with Crippen molar-refractivity contribution in [1.29, 1.82) is 0 Å². The van der Waals surface area contributed by atoms with Crippen molar-refractivity contribution in [2.24, 2.45) is 11.3 Å². The number of carboxylic acids is 1. The molecule has 1 amide bonds. The highest BCUT2D eigenvalue weighted by atomic mass is 16.5. The largest absolute Gasteiger partial charge is 0.493 e. The fraction of sp³-hybridized carbons (Fsp3) is 0.579. The van der Waals surface area contributed by atoms with Crippen molar-refractivity contribution < 1.29 is 24.2 Å². The summed E-state index contributed by atoms with van der Waals surface area (Å²) >= 11 is 0. The van der Waals surface area contributed by atoms with E-state index in [2.05, 4.69) is 0 Å². The lowest BCUT2D eigenvalue weighted by Crippen LogP contribution is -2.40. The fourth-order valence-corrected chi connectivity index (χ4v) is 3.74. The van der Waals surface area contributed by atoms with Gasteiger partial charge in [-0.15, -0.1) is 0 Å². The van der Waals surface area contributed by atoms with Crippen molar-refractivity contribution in [1.82, 2.24) is 4.90 Å². The molecule has 0 radical (unpaired) electrons. The van der Waals surface area contributed by atoms with E-state index in [1.54, 1.807) is 30.2 Å². The van der Waals surface area contributed by atoms with E-state index in [4.69, 9.17) is 14.6 Å². The minimum Gasteiger partial charge on any atom is -0.493 e. The van der Waals surface area contributed by atoms with E-state index in [0.717, 1.165) is 19.3 Å². The third-order valence-electron chi connectivity index (χ3n) is 5.31. The van der Waals surface area contributed by atoms with Crippen LogP contribution in [0.25, 0.3) is 0 Å². The summed E-state index contributed by atoms with van der Waals surface area (Å²) in [5.41, 5.74) is 0.490. The monoisotopic (exact) mass is 347 g/mol. The zero-order valence-electron chi connectivity index (χ0n) is 14.9. The molecule has 1 atom stereocenters. The predicted octanol–water partition coefficient (Wildman–Crippen LogP) is 2.81. The Morgan fingerprint density at radius 1 is 1.24 bits per heavy atom. The number of carbonyl (C=O) groups excluding carboxylic acids is 1. The Labute approximate surface area is 147 Å². The highest BCUT2D eigenvalue weighted by Crippen LogP contribution is 2.59. The zero-order chi connectivity index (χ0) is 18.2. The summed E-state index contributed by atoms with van der Waals surface area (Å²) < 4.78 is 11.0. The summed E-state index contributed by atoms with van der Waals surface area (Å²) in [6.07, 6.45) is 2.30. The number of likely N-dealkylation sites (tertiary alicyclic amines) is 1. The van der Waals surface area contributed by atoms with Crippen LogP contribution in [0, 0.1) is 11.3 Å². The maximum Gasteiger partial charge on any atom is 0.307 e. The van der Waals surface area contributed by atoms with Gasteiger partial charge in [0.15, 0.2) is 11.5 Å². The molecular weight excluding hydrogens is 322 g/mol. The molecule has 1 heterocycles. The molecule has 2 aliphatic rings. The van der Waals surface area contributed by atoms with Crippen LogP contribution in [0.4, 0.5) is 0 Å². The topological polar surface area (TPSA) is 76.1 Å². The van der Waals surface area contributed by atoms with Gasteiger partial charge < -0.3 is 19.5 Å². The van der Waals surface area contributed by atoms with E-state index in [1.807, 2.05) is 13.8 Å². The highest BCUT2D eigenvalue weighted by molar-refractivity contribution is 5.95. The van der Waals surface area contributed by atoms with Gasteiger partial charge in [-0.3, -0.25) is 9.59 Å². The Bertz CT molecular complexity index is 676. The van der Waals surface area contributed by atoms with Crippen LogP contribution in [0.3, 0.4) is 0 Å². The average molecular weight is 347 g/mol. The second-order valence-electron chi connectivity index (χ2n) is 7.28. The SMILES string of the molecule is COc1cc(C(=O)N2CCC3(CC2)CC3C(=O)O)ccc1OC(C)C. The number of ether oxygens (including phenoxy) is 2. The molecule has 6 heteroatoms. The van der Waals surface area contributed by atoms with Crippen LogP contribution in [0.5, 0.6) is 11.5 Å². The van der Waals surface area contributed by atoms with E-state index in [-0.39, 0.29) is 23.3 Å². The second kappa shape index (κ2) is 6.58. The van der Waals surface area contributed by atoms with Crippen LogP contribution >= 0.6 is 0 Å². The molecule has 1 aromatic carbocycles. The molecule has 2 fully saturated rings. The lowest BCUT2D eigenvalue weighted by molar-refractivity contribution is -0.139. The molecule has 3 rings (SSSR count). The number of rotatable bonds is 5. The molecule has 6 nitrogen and oxygen atoms in total. The number of nitrogens with zero attached hydrogens (tertiary/aromatic N) is 1. The molecule has 1 saturated carbocycles. The van der Waals surface area contributed by atoms with Gasteiger partial charge in [-0.1, -0.05) is 0 Å². The van der Waals surface area contributed by atoms with Gasteiger partial charge in [0, 0.05) is 18.7 Å². The number of methoxy groups -OCH3 is 1. The first-order valence-electron chi connectivity index (χ1n) is 8.73. The molecule has 1 aliphatic carbocycles. The van der Waals surface area contributed by atoms with Gasteiger partial charge in [-0.05, 0) is 56.7 Å². The maximum atomic E-state index is 12.8. The van der Waals surface area contributed by atoms with E-state index >= 15 is 0 Å². The number of carbonyl (C=O) groups is 2. The standard InChI is InChI=1S/C19H25NO5/c1-12(2)25-15-5-4-13(10-16(15)24-3)17(21)20-8-6-19(7-9-20)11-14(19)18(22)23/h4-5,10,12,14H,6-9,11H2,1-3H3,(H,22,23). The fourth-order valence-electron chi connectivity index (χ4n) is 3.74. The Hall–Kier alpha value is -2.24. The van der Waals surface area contributed by atoms with Gasteiger partial charge in [0.1, 0.15) is 0 Å². The van der Waals surface area contributed by atoms with Gasteiger partial charge in [0.05, 0.1) is 19.1 Å². The number of benzene rings is 1. The van der Waals surface area contributed by atoms with Gasteiger partial charge in [0.25, 0.3) is 5.91 Å². The molecule has 1 unspecified atom stereocenters. The number of aliphatic carboxylic acids is 1. The normalized spacial score (nSPS) is 21.3. The minimum absolute atomic E-state index is 0.0226. The van der Waals surface area contributed by atoms with Crippen molar-refractivity contribution >= 4 is 11.9 Å². The lowest BCUT2D eigenvalue weighted by atomic mass is 9.90. The van der Waals surface area contributed by atoms with Crippen molar-refractivity contribution in [3.05, 3.63) is 23.8 Å². The Morgan fingerprint density at radius 2 is 1.92 bits per heavy atom. The maximum absolute atomic E-state index is 12.8. The predicted molar refractivity (Wildman–Crippen MR) is 92.1 cm³/mol.